The SMILES string of the molecule is COc1cc(OC)c2c(c1)C(N(CCN1CCOCC1)/N=C/c1ccc(O)c(OC)c1)=NS2(=O)=O. The van der Waals surface area contributed by atoms with Crippen molar-refractivity contribution in [3.8, 4) is 23.0 Å². The van der Waals surface area contributed by atoms with Gasteiger partial charge in [-0.2, -0.15) is 13.5 Å². The molecule has 0 spiro atoms. The zero-order valence-electron chi connectivity index (χ0n) is 19.8. The molecule has 1 saturated heterocycles. The van der Waals surface area contributed by atoms with Crippen LogP contribution in [-0.4, -0.2) is 96.2 Å². The highest BCUT2D eigenvalue weighted by atomic mass is 32.2. The third kappa shape index (κ3) is 5.34. The summed E-state index contributed by atoms with van der Waals surface area (Å²) in [7, 11) is 0.346. The Kier molecular flexibility index (Phi) is 7.43. The summed E-state index contributed by atoms with van der Waals surface area (Å²) in [5.41, 5.74) is 1.00. The number of morpholine rings is 1. The molecule has 2 aliphatic heterocycles. The highest BCUT2D eigenvalue weighted by Gasteiger charge is 2.36. The molecule has 11 nitrogen and oxygen atoms in total. The molecular weight excluding hydrogens is 476 g/mol. The topological polar surface area (TPSA) is 122 Å². The Bertz CT molecular complexity index is 1240. The number of nitrogens with zero attached hydrogens (tertiary/aromatic N) is 4. The Morgan fingerprint density at radius 3 is 2.54 bits per heavy atom. The van der Waals surface area contributed by atoms with E-state index < -0.39 is 10.0 Å². The standard InChI is InChI=1S/C23H28N4O7S/c1-31-17-13-18-22(21(14-17)33-3)35(29,30)25-23(18)27(7-6-26-8-10-34-11-9-26)24-15-16-4-5-19(28)20(12-16)32-2/h4-5,12-15,28H,6-11H2,1-3H3/b24-15+. The van der Waals surface area contributed by atoms with Crippen molar-refractivity contribution in [3.05, 3.63) is 41.5 Å². The number of phenolic OH excluding ortho intramolecular Hbond substituents is 1. The molecule has 0 amide bonds. The van der Waals surface area contributed by atoms with Gasteiger partial charge in [0.05, 0.1) is 47.3 Å². The van der Waals surface area contributed by atoms with Gasteiger partial charge in [0.1, 0.15) is 16.4 Å². The van der Waals surface area contributed by atoms with E-state index in [1.165, 1.54) is 33.5 Å². The third-order valence-electron chi connectivity index (χ3n) is 5.72. The summed E-state index contributed by atoms with van der Waals surface area (Å²) in [5, 5.41) is 16.0. The number of aromatic hydroxyl groups is 1. The van der Waals surface area contributed by atoms with Crippen LogP contribution in [0.5, 0.6) is 23.0 Å². The van der Waals surface area contributed by atoms with Gasteiger partial charge in [-0.1, -0.05) is 0 Å². The van der Waals surface area contributed by atoms with Gasteiger partial charge < -0.3 is 24.1 Å². The molecule has 1 N–H and O–H groups in total. The van der Waals surface area contributed by atoms with Gasteiger partial charge in [0.2, 0.25) is 0 Å². The van der Waals surface area contributed by atoms with E-state index in [2.05, 4.69) is 14.4 Å². The van der Waals surface area contributed by atoms with Crippen LogP contribution in [-0.2, 0) is 14.8 Å². The lowest BCUT2D eigenvalue weighted by atomic mass is 10.1. The van der Waals surface area contributed by atoms with Gasteiger partial charge in [-0.3, -0.25) is 4.90 Å². The van der Waals surface area contributed by atoms with Crippen molar-refractivity contribution in [2.75, 3.05) is 60.7 Å². The molecular formula is C23H28N4O7S. The molecule has 0 bridgehead atoms. The minimum atomic E-state index is -4.00. The van der Waals surface area contributed by atoms with Gasteiger partial charge in [0, 0.05) is 31.3 Å². The number of ether oxygens (including phenoxy) is 4. The van der Waals surface area contributed by atoms with Crippen LogP contribution in [0.2, 0.25) is 0 Å². The fraction of sp³-hybridized carbons (Fsp3) is 0.391. The monoisotopic (exact) mass is 504 g/mol. The fourth-order valence-electron chi connectivity index (χ4n) is 3.86. The van der Waals surface area contributed by atoms with E-state index in [4.69, 9.17) is 18.9 Å². The number of fused-ring (bicyclic) bond motifs is 1. The van der Waals surface area contributed by atoms with E-state index in [1.807, 2.05) is 0 Å². The van der Waals surface area contributed by atoms with Crippen molar-refractivity contribution in [1.29, 1.82) is 0 Å². The minimum Gasteiger partial charge on any atom is -0.504 e. The van der Waals surface area contributed by atoms with Crippen molar-refractivity contribution in [3.63, 3.8) is 0 Å². The Balaban J connectivity index is 1.72. The maximum atomic E-state index is 13.0. The number of rotatable bonds is 8. The van der Waals surface area contributed by atoms with Crippen LogP contribution >= 0.6 is 0 Å². The molecule has 0 saturated carbocycles. The maximum absolute atomic E-state index is 13.0. The first kappa shape index (κ1) is 24.8. The van der Waals surface area contributed by atoms with Crippen molar-refractivity contribution in [2.24, 2.45) is 9.50 Å². The smallest absolute Gasteiger partial charge is 0.288 e. The van der Waals surface area contributed by atoms with Crippen molar-refractivity contribution < 1.29 is 32.5 Å². The highest BCUT2D eigenvalue weighted by molar-refractivity contribution is 7.90. The van der Waals surface area contributed by atoms with Gasteiger partial charge >= 0.3 is 0 Å². The van der Waals surface area contributed by atoms with E-state index in [0.29, 0.717) is 48.9 Å². The Morgan fingerprint density at radius 1 is 1.11 bits per heavy atom. The molecule has 35 heavy (non-hydrogen) atoms. The molecule has 2 aromatic carbocycles. The summed E-state index contributed by atoms with van der Waals surface area (Å²) >= 11 is 0. The van der Waals surface area contributed by atoms with E-state index in [0.717, 1.165) is 13.1 Å². The number of benzene rings is 2. The molecule has 4 rings (SSSR count). The number of hydrogen-bond acceptors (Lipinski definition) is 10. The zero-order valence-corrected chi connectivity index (χ0v) is 20.6. The van der Waals surface area contributed by atoms with E-state index in [9.17, 15) is 13.5 Å². The molecule has 188 valence electrons. The van der Waals surface area contributed by atoms with Crippen LogP contribution in [0.1, 0.15) is 11.1 Å². The first-order valence-electron chi connectivity index (χ1n) is 11.0. The van der Waals surface area contributed by atoms with Crippen LogP contribution in [0, 0.1) is 0 Å². The molecule has 2 aromatic rings. The lowest BCUT2D eigenvalue weighted by Gasteiger charge is -2.28. The first-order chi connectivity index (χ1) is 16.9. The van der Waals surface area contributed by atoms with Crippen molar-refractivity contribution in [2.45, 2.75) is 4.90 Å². The average Bonchev–Trinajstić information content (AvgIpc) is 3.15. The minimum absolute atomic E-state index is 0.00759. The summed E-state index contributed by atoms with van der Waals surface area (Å²) in [4.78, 5) is 2.20. The van der Waals surface area contributed by atoms with Crippen molar-refractivity contribution >= 4 is 22.1 Å². The second-order valence-corrected chi connectivity index (χ2v) is 9.39. The number of hydrogen-bond donors (Lipinski definition) is 1. The first-order valence-corrected chi connectivity index (χ1v) is 12.4. The molecule has 0 aromatic heterocycles. The van der Waals surface area contributed by atoms with Crippen LogP contribution in [0.3, 0.4) is 0 Å². The normalized spacial score (nSPS) is 17.2. The van der Waals surface area contributed by atoms with Gasteiger partial charge in [0.25, 0.3) is 10.0 Å². The van der Waals surface area contributed by atoms with Crippen LogP contribution in [0.25, 0.3) is 0 Å². The second kappa shape index (κ2) is 10.5. The largest absolute Gasteiger partial charge is 0.504 e. The number of amidine groups is 1. The van der Waals surface area contributed by atoms with Gasteiger partial charge in [-0.25, -0.2) is 5.01 Å². The van der Waals surface area contributed by atoms with Crippen molar-refractivity contribution in [1.82, 2.24) is 9.91 Å². The molecule has 2 aliphatic rings. The Labute approximate surface area is 204 Å². The Hall–Kier alpha value is -3.35. The number of phenols is 1. The van der Waals surface area contributed by atoms with Crippen LogP contribution in [0.4, 0.5) is 0 Å². The van der Waals surface area contributed by atoms with E-state index in [1.54, 1.807) is 29.4 Å². The van der Waals surface area contributed by atoms with Gasteiger partial charge in [-0.15, -0.1) is 4.40 Å². The summed E-state index contributed by atoms with van der Waals surface area (Å²) in [6, 6.07) is 7.93. The molecule has 12 heteroatoms. The average molecular weight is 505 g/mol. The maximum Gasteiger partial charge on any atom is 0.288 e. The summed E-state index contributed by atoms with van der Waals surface area (Å²) in [6.07, 6.45) is 1.56. The third-order valence-corrected chi connectivity index (χ3v) is 7.07. The van der Waals surface area contributed by atoms with Gasteiger partial charge in [-0.05, 0) is 29.8 Å². The predicted octanol–water partition coefficient (Wildman–Crippen LogP) is 1.54. The fourth-order valence-corrected chi connectivity index (χ4v) is 5.20. The number of sulfonamides is 1. The highest BCUT2D eigenvalue weighted by Crippen LogP contribution is 2.39. The van der Waals surface area contributed by atoms with E-state index >= 15 is 0 Å². The molecule has 0 atom stereocenters. The second-order valence-electron chi connectivity index (χ2n) is 7.85. The molecule has 0 aliphatic carbocycles. The summed E-state index contributed by atoms with van der Waals surface area (Å²) < 4.78 is 51.3. The van der Waals surface area contributed by atoms with E-state index in [-0.39, 0.29) is 22.2 Å². The molecule has 0 unspecified atom stereocenters. The molecule has 2 heterocycles. The lowest BCUT2D eigenvalue weighted by molar-refractivity contribution is 0.0360. The zero-order chi connectivity index (χ0) is 25.0. The lowest BCUT2D eigenvalue weighted by Crippen LogP contribution is -2.41. The van der Waals surface area contributed by atoms with Crippen LogP contribution < -0.4 is 14.2 Å². The number of methoxy groups -OCH3 is 3. The molecule has 0 radical (unpaired) electrons. The Morgan fingerprint density at radius 2 is 1.86 bits per heavy atom. The predicted molar refractivity (Wildman–Crippen MR) is 129 cm³/mol. The summed E-state index contributed by atoms with van der Waals surface area (Å²) in [6.45, 7) is 3.83. The quantitative estimate of drug-likeness (QED) is 0.421. The summed E-state index contributed by atoms with van der Waals surface area (Å²) in [5.74, 6) is 1.07. The number of hydrazone groups is 1. The molecule has 1 fully saturated rings. The van der Waals surface area contributed by atoms with Crippen LogP contribution in [0.15, 0.2) is 44.7 Å². The van der Waals surface area contributed by atoms with Gasteiger partial charge in [0.15, 0.2) is 17.3 Å².